The van der Waals surface area contributed by atoms with Crippen molar-refractivity contribution in [3.8, 4) is 0 Å². The molecule has 0 aromatic carbocycles. The molecule has 16 heavy (non-hydrogen) atoms. The zero-order chi connectivity index (χ0) is 12.0. The Morgan fingerprint density at radius 2 is 2.38 bits per heavy atom. The smallest absolute Gasteiger partial charge is 0.314 e. The molecule has 0 bridgehead atoms. The van der Waals surface area contributed by atoms with Crippen LogP contribution >= 0.6 is 11.8 Å². The van der Waals surface area contributed by atoms with Crippen molar-refractivity contribution in [1.29, 1.82) is 0 Å². The fraction of sp³-hybridized carbons (Fsp3) is 0.800. The molecule has 2 N–H and O–H groups in total. The molecule has 0 aliphatic carbocycles. The van der Waals surface area contributed by atoms with Crippen molar-refractivity contribution in [3.63, 3.8) is 0 Å². The van der Waals surface area contributed by atoms with Gasteiger partial charge in [-0.15, -0.1) is 5.10 Å². The second-order valence-corrected chi connectivity index (χ2v) is 4.92. The Hall–Kier alpha value is -0.750. The summed E-state index contributed by atoms with van der Waals surface area (Å²) in [6.45, 7) is 5.40. The largest absolute Gasteiger partial charge is 0.343 e. The highest BCUT2D eigenvalue weighted by atomic mass is 32.2. The molecule has 1 atom stereocenters. The van der Waals surface area contributed by atoms with Crippen LogP contribution in [0.3, 0.4) is 0 Å². The summed E-state index contributed by atoms with van der Waals surface area (Å²) in [5, 5.41) is 10.6. The molecule has 0 radical (unpaired) electrons. The van der Waals surface area contributed by atoms with E-state index in [0.29, 0.717) is 6.04 Å². The monoisotopic (exact) mass is 244 g/mol. The van der Waals surface area contributed by atoms with Gasteiger partial charge in [0.15, 0.2) is 5.16 Å². The Kier molecular flexibility index (Phi) is 5.62. The minimum atomic E-state index is -0.153. The highest BCUT2D eigenvalue weighted by Crippen LogP contribution is 2.13. The Morgan fingerprint density at radius 3 is 2.94 bits per heavy atom. The summed E-state index contributed by atoms with van der Waals surface area (Å²) in [5.74, 6) is 0.968. The van der Waals surface area contributed by atoms with Gasteiger partial charge in [-0.05, 0) is 26.3 Å². The van der Waals surface area contributed by atoms with Crippen LogP contribution in [0.4, 0.5) is 0 Å². The molecule has 0 saturated heterocycles. The first-order valence-corrected chi connectivity index (χ1v) is 6.61. The van der Waals surface area contributed by atoms with Crippen LogP contribution in [0.5, 0.6) is 0 Å². The predicted molar refractivity (Wildman–Crippen MR) is 66.9 cm³/mol. The number of hydrogen-bond acceptors (Lipinski definition) is 4. The van der Waals surface area contributed by atoms with E-state index in [1.165, 1.54) is 4.57 Å². The second kappa shape index (κ2) is 6.75. The van der Waals surface area contributed by atoms with Crippen molar-refractivity contribution < 1.29 is 0 Å². The van der Waals surface area contributed by atoms with Gasteiger partial charge in [-0.3, -0.25) is 4.57 Å². The Bertz CT molecular complexity index is 360. The van der Waals surface area contributed by atoms with E-state index in [4.69, 9.17) is 0 Å². The fourth-order valence-electron chi connectivity index (χ4n) is 1.28. The summed E-state index contributed by atoms with van der Waals surface area (Å²) >= 11 is 1.61. The van der Waals surface area contributed by atoms with Crippen LogP contribution in [0, 0.1) is 0 Å². The summed E-state index contributed by atoms with van der Waals surface area (Å²) in [7, 11) is 1.73. The first-order chi connectivity index (χ1) is 7.65. The van der Waals surface area contributed by atoms with E-state index in [2.05, 4.69) is 29.4 Å². The van der Waals surface area contributed by atoms with Crippen molar-refractivity contribution >= 4 is 11.8 Å². The van der Waals surface area contributed by atoms with Gasteiger partial charge in [0.25, 0.3) is 0 Å². The molecular weight excluding hydrogens is 224 g/mol. The molecule has 0 spiro atoms. The lowest BCUT2D eigenvalue weighted by molar-refractivity contribution is 0.535. The van der Waals surface area contributed by atoms with E-state index >= 15 is 0 Å². The van der Waals surface area contributed by atoms with Gasteiger partial charge in [-0.25, -0.2) is 9.89 Å². The first kappa shape index (κ1) is 13.3. The van der Waals surface area contributed by atoms with Crippen LogP contribution in [-0.4, -0.2) is 33.1 Å². The average Bonchev–Trinajstić information content (AvgIpc) is 2.58. The van der Waals surface area contributed by atoms with Gasteiger partial charge in [0.2, 0.25) is 0 Å². The normalized spacial score (nSPS) is 12.9. The van der Waals surface area contributed by atoms with E-state index in [1.54, 1.807) is 18.8 Å². The third kappa shape index (κ3) is 4.02. The highest BCUT2D eigenvalue weighted by Gasteiger charge is 2.06. The lowest BCUT2D eigenvalue weighted by Gasteiger charge is -2.11. The first-order valence-electron chi connectivity index (χ1n) is 5.62. The van der Waals surface area contributed by atoms with E-state index in [-0.39, 0.29) is 5.69 Å². The zero-order valence-electron chi connectivity index (χ0n) is 10.1. The molecule has 0 amide bonds. The lowest BCUT2D eigenvalue weighted by atomic mass is 10.2. The maximum Gasteiger partial charge on any atom is 0.343 e. The van der Waals surface area contributed by atoms with Gasteiger partial charge in [-0.1, -0.05) is 18.7 Å². The summed E-state index contributed by atoms with van der Waals surface area (Å²) in [6, 6.07) is 0.517. The van der Waals surface area contributed by atoms with Crippen molar-refractivity contribution in [2.45, 2.75) is 37.9 Å². The van der Waals surface area contributed by atoms with Gasteiger partial charge >= 0.3 is 5.69 Å². The van der Waals surface area contributed by atoms with Crippen LogP contribution in [0.1, 0.15) is 26.7 Å². The number of thioether (sulfide) groups is 1. The molecule has 92 valence electrons. The highest BCUT2D eigenvalue weighted by molar-refractivity contribution is 7.99. The summed E-state index contributed by atoms with van der Waals surface area (Å²) in [5.41, 5.74) is -0.153. The predicted octanol–water partition coefficient (Wildman–Crippen LogP) is 0.979. The molecule has 6 heteroatoms. The number of nitrogens with zero attached hydrogens (tertiary/aromatic N) is 2. The van der Waals surface area contributed by atoms with Crippen LogP contribution in [0.25, 0.3) is 0 Å². The maximum absolute atomic E-state index is 11.1. The number of nitrogens with one attached hydrogen (secondary N) is 2. The number of aromatic nitrogens is 3. The molecule has 0 aliphatic rings. The van der Waals surface area contributed by atoms with Crippen LogP contribution < -0.4 is 11.0 Å². The third-order valence-corrected chi connectivity index (χ3v) is 3.43. The molecule has 1 unspecified atom stereocenters. The molecule has 1 aromatic heterocycles. The minimum absolute atomic E-state index is 0.153. The van der Waals surface area contributed by atoms with Gasteiger partial charge in [-0.2, -0.15) is 0 Å². The number of aromatic amines is 1. The quantitative estimate of drug-likeness (QED) is 0.702. The topological polar surface area (TPSA) is 62.7 Å². The Morgan fingerprint density at radius 1 is 1.62 bits per heavy atom. The van der Waals surface area contributed by atoms with E-state index in [1.807, 2.05) is 0 Å². The average molecular weight is 244 g/mol. The van der Waals surface area contributed by atoms with Crippen LogP contribution in [0.15, 0.2) is 9.95 Å². The van der Waals surface area contributed by atoms with Crippen LogP contribution in [0.2, 0.25) is 0 Å². The number of H-pyrrole nitrogens is 1. The summed E-state index contributed by atoms with van der Waals surface area (Å²) < 4.78 is 1.54. The minimum Gasteiger partial charge on any atom is -0.314 e. The molecule has 0 fully saturated rings. The van der Waals surface area contributed by atoms with Crippen molar-refractivity contribution in [3.05, 3.63) is 10.5 Å². The summed E-state index contributed by atoms with van der Waals surface area (Å²) in [6.07, 6.45) is 2.23. The van der Waals surface area contributed by atoms with Gasteiger partial charge < -0.3 is 5.32 Å². The zero-order valence-corrected chi connectivity index (χ0v) is 10.9. The number of hydrogen-bond donors (Lipinski definition) is 2. The van der Waals surface area contributed by atoms with Crippen molar-refractivity contribution in [1.82, 2.24) is 20.1 Å². The Labute approximate surface area is 100 Å². The van der Waals surface area contributed by atoms with E-state index in [9.17, 15) is 4.79 Å². The molecular formula is C10H20N4OS. The third-order valence-electron chi connectivity index (χ3n) is 2.36. The Balaban J connectivity index is 2.25. The van der Waals surface area contributed by atoms with Crippen molar-refractivity contribution in [2.24, 2.45) is 7.05 Å². The standard InChI is InChI=1S/C10H20N4OS/c1-4-6-11-8(2)5-7-16-10-13-12-9(15)14(10)3/h8,11H,4-7H2,1-3H3,(H,12,15). The van der Waals surface area contributed by atoms with Crippen LogP contribution in [-0.2, 0) is 7.05 Å². The molecule has 1 rings (SSSR count). The molecule has 1 heterocycles. The van der Waals surface area contributed by atoms with Gasteiger partial charge in [0.05, 0.1) is 0 Å². The van der Waals surface area contributed by atoms with E-state index in [0.717, 1.165) is 30.3 Å². The van der Waals surface area contributed by atoms with Gasteiger partial charge in [0.1, 0.15) is 0 Å². The second-order valence-electron chi connectivity index (χ2n) is 3.86. The molecule has 1 aromatic rings. The lowest BCUT2D eigenvalue weighted by Crippen LogP contribution is -2.27. The maximum atomic E-state index is 11.1. The molecule has 0 saturated carbocycles. The summed E-state index contributed by atoms with van der Waals surface area (Å²) in [4.78, 5) is 11.1. The fourth-order valence-corrected chi connectivity index (χ4v) is 2.32. The molecule has 5 nitrogen and oxygen atoms in total. The molecule has 0 aliphatic heterocycles. The van der Waals surface area contributed by atoms with E-state index < -0.39 is 0 Å². The van der Waals surface area contributed by atoms with Gasteiger partial charge in [0, 0.05) is 18.8 Å². The number of rotatable bonds is 7. The van der Waals surface area contributed by atoms with Crippen molar-refractivity contribution in [2.75, 3.05) is 12.3 Å². The SMILES string of the molecule is CCCNC(C)CCSc1n[nH]c(=O)n1C.